The van der Waals surface area contributed by atoms with E-state index in [0.29, 0.717) is 34.8 Å². The van der Waals surface area contributed by atoms with Gasteiger partial charge in [-0.05, 0) is 36.8 Å². The topological polar surface area (TPSA) is 98.7 Å². The van der Waals surface area contributed by atoms with E-state index in [2.05, 4.69) is 4.98 Å². The van der Waals surface area contributed by atoms with E-state index in [1.807, 2.05) is 13.0 Å². The van der Waals surface area contributed by atoms with Crippen LogP contribution in [0.4, 0.5) is 10.6 Å². The van der Waals surface area contributed by atoms with E-state index >= 15 is 0 Å². The van der Waals surface area contributed by atoms with E-state index in [1.54, 1.807) is 38.4 Å². The van der Waals surface area contributed by atoms with Crippen LogP contribution in [-0.4, -0.2) is 30.1 Å². The highest BCUT2D eigenvalue weighted by Crippen LogP contribution is 2.25. The molecule has 2 aromatic heterocycles. The molecule has 3 rings (SSSR count). The molecular weight excluding hydrogens is 334 g/mol. The van der Waals surface area contributed by atoms with Crippen molar-refractivity contribution in [3.8, 4) is 5.75 Å². The van der Waals surface area contributed by atoms with Crippen LogP contribution >= 0.6 is 0 Å². The van der Waals surface area contributed by atoms with Crippen molar-refractivity contribution in [3.63, 3.8) is 0 Å². The number of aryl methyl sites for hydroxylation is 1. The van der Waals surface area contributed by atoms with Gasteiger partial charge in [-0.2, -0.15) is 0 Å². The Balaban J connectivity index is 2.00. The summed E-state index contributed by atoms with van der Waals surface area (Å²) in [4.78, 5) is 29.6. The number of fused-ring (bicyclic) bond motifs is 1. The molecule has 0 saturated carbocycles. The maximum Gasteiger partial charge on any atom is 0.414 e. The van der Waals surface area contributed by atoms with Crippen LogP contribution < -0.4 is 16.1 Å². The number of carbonyl (C=O) groups excluding carboxylic acids is 1. The van der Waals surface area contributed by atoms with Crippen LogP contribution in [0.1, 0.15) is 16.8 Å². The summed E-state index contributed by atoms with van der Waals surface area (Å²) >= 11 is 0. The number of nitrogens with zero attached hydrogens (tertiary/aromatic N) is 2. The zero-order chi connectivity index (χ0) is 18.8. The van der Waals surface area contributed by atoms with Crippen molar-refractivity contribution >= 4 is 22.9 Å². The Kier molecular flexibility index (Phi) is 4.62. The second-order valence-electron chi connectivity index (χ2n) is 6.14. The number of nitrogen functional groups attached to an aromatic ring is 1. The van der Waals surface area contributed by atoms with Gasteiger partial charge in [-0.1, -0.05) is 6.07 Å². The molecule has 3 aromatic rings. The third kappa shape index (κ3) is 3.51. The Labute approximate surface area is 150 Å². The van der Waals surface area contributed by atoms with Gasteiger partial charge in [0.1, 0.15) is 17.2 Å². The van der Waals surface area contributed by atoms with Gasteiger partial charge in [-0.15, -0.1) is 0 Å². The number of nitrogens with two attached hydrogens (primary N) is 1. The minimum atomic E-state index is -0.507. The van der Waals surface area contributed by atoms with E-state index in [-0.39, 0.29) is 0 Å². The van der Waals surface area contributed by atoms with Gasteiger partial charge < -0.3 is 19.8 Å². The summed E-state index contributed by atoms with van der Waals surface area (Å²) in [6, 6.07) is 10.3. The monoisotopic (exact) mass is 353 g/mol. The maximum atomic E-state index is 12.4. The number of benzene rings is 1. The number of aromatic nitrogens is 1. The SMILES string of the molecule is Cc1c(Cc2cccc(N)n2)c(=O)oc2cc(OC(=O)N(C)C)ccc12. The fourth-order valence-corrected chi connectivity index (χ4v) is 2.61. The molecule has 0 saturated heterocycles. The standard InChI is InChI=1S/C19H19N3O4/c1-11-14-8-7-13(25-19(24)22(2)3)10-16(14)26-18(23)15(11)9-12-5-4-6-17(20)21-12/h4-8,10H,9H2,1-3H3,(H2,20,21). The number of amides is 1. The summed E-state index contributed by atoms with van der Waals surface area (Å²) in [6.45, 7) is 1.85. The maximum absolute atomic E-state index is 12.4. The molecule has 0 aliphatic heterocycles. The average Bonchev–Trinajstić information content (AvgIpc) is 2.58. The lowest BCUT2D eigenvalue weighted by atomic mass is 10.0. The Bertz CT molecular complexity index is 1040. The Morgan fingerprint density at radius 1 is 1.27 bits per heavy atom. The molecule has 2 N–H and O–H groups in total. The predicted octanol–water partition coefficient (Wildman–Crippen LogP) is 2.73. The van der Waals surface area contributed by atoms with Gasteiger partial charge >= 0.3 is 11.7 Å². The summed E-state index contributed by atoms with van der Waals surface area (Å²) in [5, 5.41) is 0.771. The molecular formula is C19H19N3O4. The van der Waals surface area contributed by atoms with Gasteiger partial charge in [-0.3, -0.25) is 0 Å². The van der Waals surface area contributed by atoms with Crippen molar-refractivity contribution in [2.45, 2.75) is 13.3 Å². The normalized spacial score (nSPS) is 10.7. The molecule has 0 unspecified atom stereocenters. The number of hydrogen-bond acceptors (Lipinski definition) is 6. The predicted molar refractivity (Wildman–Crippen MR) is 98.4 cm³/mol. The van der Waals surface area contributed by atoms with E-state index in [0.717, 1.165) is 10.9 Å². The number of rotatable bonds is 3. The molecule has 0 fully saturated rings. The summed E-state index contributed by atoms with van der Waals surface area (Å²) in [7, 11) is 3.18. The summed E-state index contributed by atoms with van der Waals surface area (Å²) in [5.74, 6) is 0.710. The van der Waals surface area contributed by atoms with Gasteiger partial charge in [0.15, 0.2) is 0 Å². The van der Waals surface area contributed by atoms with E-state index < -0.39 is 11.7 Å². The van der Waals surface area contributed by atoms with Crippen LogP contribution in [0.25, 0.3) is 11.0 Å². The van der Waals surface area contributed by atoms with Crippen molar-refractivity contribution in [2.24, 2.45) is 0 Å². The van der Waals surface area contributed by atoms with Gasteiger partial charge in [0.2, 0.25) is 0 Å². The van der Waals surface area contributed by atoms with Crippen LogP contribution in [0.5, 0.6) is 5.75 Å². The minimum Gasteiger partial charge on any atom is -0.422 e. The highest BCUT2D eigenvalue weighted by Gasteiger charge is 2.14. The number of pyridine rings is 1. The van der Waals surface area contributed by atoms with E-state index in [1.165, 1.54) is 11.0 Å². The van der Waals surface area contributed by atoms with Crippen LogP contribution in [-0.2, 0) is 6.42 Å². The molecule has 1 aromatic carbocycles. The zero-order valence-electron chi connectivity index (χ0n) is 14.8. The lowest BCUT2D eigenvalue weighted by Gasteiger charge is -2.12. The van der Waals surface area contributed by atoms with Crippen molar-refractivity contribution in [2.75, 3.05) is 19.8 Å². The van der Waals surface area contributed by atoms with Gasteiger partial charge in [0.05, 0.1) is 0 Å². The summed E-state index contributed by atoms with van der Waals surface area (Å²) in [6.07, 6.45) is -0.181. The fraction of sp³-hybridized carbons (Fsp3) is 0.211. The Hall–Kier alpha value is -3.35. The van der Waals surface area contributed by atoms with Crippen molar-refractivity contribution in [1.82, 2.24) is 9.88 Å². The van der Waals surface area contributed by atoms with Gasteiger partial charge in [0.25, 0.3) is 0 Å². The largest absolute Gasteiger partial charge is 0.422 e. The Morgan fingerprint density at radius 2 is 2.04 bits per heavy atom. The first kappa shape index (κ1) is 17.5. The number of hydrogen-bond donors (Lipinski definition) is 1. The molecule has 7 nitrogen and oxygen atoms in total. The Morgan fingerprint density at radius 3 is 2.73 bits per heavy atom. The summed E-state index contributed by atoms with van der Waals surface area (Å²) < 4.78 is 10.6. The third-order valence-electron chi connectivity index (χ3n) is 4.02. The fourth-order valence-electron chi connectivity index (χ4n) is 2.61. The third-order valence-corrected chi connectivity index (χ3v) is 4.02. The van der Waals surface area contributed by atoms with Crippen LogP contribution in [0.2, 0.25) is 0 Å². The van der Waals surface area contributed by atoms with Gasteiger partial charge in [-0.25, -0.2) is 14.6 Å². The lowest BCUT2D eigenvalue weighted by Crippen LogP contribution is -2.25. The first-order valence-corrected chi connectivity index (χ1v) is 8.02. The highest BCUT2D eigenvalue weighted by molar-refractivity contribution is 5.83. The van der Waals surface area contributed by atoms with E-state index in [9.17, 15) is 9.59 Å². The smallest absolute Gasteiger partial charge is 0.414 e. The molecule has 2 heterocycles. The number of anilines is 1. The molecule has 134 valence electrons. The first-order chi connectivity index (χ1) is 12.3. The van der Waals surface area contributed by atoms with Crippen molar-refractivity contribution in [1.29, 1.82) is 0 Å². The minimum absolute atomic E-state index is 0.309. The van der Waals surface area contributed by atoms with E-state index in [4.69, 9.17) is 14.9 Å². The molecule has 0 bridgehead atoms. The van der Waals surface area contributed by atoms with Crippen LogP contribution in [0.15, 0.2) is 45.6 Å². The first-order valence-electron chi connectivity index (χ1n) is 8.02. The number of carbonyl (C=O) groups is 1. The van der Waals surface area contributed by atoms with Crippen LogP contribution in [0.3, 0.4) is 0 Å². The summed E-state index contributed by atoms with van der Waals surface area (Å²) in [5.41, 5.74) is 7.62. The molecule has 7 heteroatoms. The second-order valence-corrected chi connectivity index (χ2v) is 6.14. The molecule has 0 radical (unpaired) electrons. The molecule has 0 aliphatic carbocycles. The molecule has 0 atom stereocenters. The lowest BCUT2D eigenvalue weighted by molar-refractivity contribution is 0.172. The molecule has 0 aliphatic rings. The molecule has 26 heavy (non-hydrogen) atoms. The van der Waals surface area contributed by atoms with Gasteiger partial charge in [0, 0.05) is 43.2 Å². The zero-order valence-corrected chi connectivity index (χ0v) is 14.8. The van der Waals surface area contributed by atoms with Crippen LogP contribution in [0, 0.1) is 6.92 Å². The van der Waals surface area contributed by atoms with Crippen molar-refractivity contribution < 1.29 is 13.9 Å². The van der Waals surface area contributed by atoms with Crippen molar-refractivity contribution in [3.05, 3.63) is 63.6 Å². The quantitative estimate of drug-likeness (QED) is 0.727. The molecule has 0 spiro atoms. The molecule has 1 amide bonds. The highest BCUT2D eigenvalue weighted by atomic mass is 16.6. The average molecular weight is 353 g/mol. The second kappa shape index (κ2) is 6.87. The number of ether oxygens (including phenoxy) is 1.